The fourth-order valence-corrected chi connectivity index (χ4v) is 5.18. The first-order valence-corrected chi connectivity index (χ1v) is 12.0. The number of carbonyl (C=O) groups is 2. The number of nitrogens with zero attached hydrogens (tertiary/aromatic N) is 2. The third-order valence-electron chi connectivity index (χ3n) is 5.64. The third kappa shape index (κ3) is 5.05. The van der Waals surface area contributed by atoms with E-state index in [1.54, 1.807) is 12.1 Å². The van der Waals surface area contributed by atoms with Crippen LogP contribution in [0.1, 0.15) is 23.6 Å². The standard InChI is InChI=1S/C28H25N3O2S/c1-3-20-12-14-23(15-13-20)31-27(33)25(17-21-9-7-8-19(2)16-21)34-28(31)24(18-29)26(32)30-22-10-5-4-6-11-22/h4-16,25H,3,17H2,1-2H3,(H,30,32)/b28-24-. The van der Waals surface area contributed by atoms with E-state index in [0.717, 1.165) is 23.1 Å². The molecule has 0 bridgehead atoms. The van der Waals surface area contributed by atoms with E-state index in [2.05, 4.69) is 24.4 Å². The molecule has 4 rings (SSSR count). The van der Waals surface area contributed by atoms with Gasteiger partial charge in [0.05, 0.1) is 5.25 Å². The van der Waals surface area contributed by atoms with E-state index < -0.39 is 11.2 Å². The van der Waals surface area contributed by atoms with E-state index in [9.17, 15) is 14.9 Å². The number of hydrogen-bond donors (Lipinski definition) is 1. The highest BCUT2D eigenvalue weighted by Gasteiger charge is 2.40. The Hall–Kier alpha value is -3.82. The predicted molar refractivity (Wildman–Crippen MR) is 137 cm³/mol. The molecule has 5 nitrogen and oxygen atoms in total. The van der Waals surface area contributed by atoms with E-state index in [0.29, 0.717) is 22.8 Å². The van der Waals surface area contributed by atoms with E-state index in [4.69, 9.17) is 0 Å². The molecule has 1 aliphatic rings. The lowest BCUT2D eigenvalue weighted by molar-refractivity contribution is -0.117. The smallest absolute Gasteiger partial charge is 0.269 e. The number of amides is 2. The van der Waals surface area contributed by atoms with Crippen molar-refractivity contribution >= 4 is 35.0 Å². The van der Waals surface area contributed by atoms with Crippen LogP contribution in [0, 0.1) is 18.3 Å². The molecule has 3 aromatic rings. The molecule has 1 atom stereocenters. The van der Waals surface area contributed by atoms with Crippen LogP contribution in [0.4, 0.5) is 11.4 Å². The maximum Gasteiger partial charge on any atom is 0.269 e. The molecular weight excluding hydrogens is 442 g/mol. The van der Waals surface area contributed by atoms with Crippen molar-refractivity contribution in [1.82, 2.24) is 0 Å². The van der Waals surface area contributed by atoms with Gasteiger partial charge in [0.2, 0.25) is 5.91 Å². The molecule has 0 saturated carbocycles. The van der Waals surface area contributed by atoms with E-state index in [1.165, 1.54) is 16.7 Å². The zero-order valence-electron chi connectivity index (χ0n) is 19.1. The van der Waals surface area contributed by atoms with E-state index >= 15 is 0 Å². The minimum Gasteiger partial charge on any atom is -0.321 e. The Morgan fingerprint density at radius 2 is 1.76 bits per heavy atom. The number of nitrogens with one attached hydrogen (secondary N) is 1. The Morgan fingerprint density at radius 1 is 1.03 bits per heavy atom. The molecule has 1 aliphatic heterocycles. The number of aryl methyl sites for hydroxylation is 2. The van der Waals surface area contributed by atoms with Crippen LogP contribution in [0.25, 0.3) is 0 Å². The second kappa shape index (κ2) is 10.4. The van der Waals surface area contributed by atoms with Crippen LogP contribution < -0.4 is 10.2 Å². The Kier molecular flexibility index (Phi) is 7.15. The highest BCUT2D eigenvalue weighted by atomic mass is 32.2. The average molecular weight is 468 g/mol. The second-order valence-corrected chi connectivity index (χ2v) is 9.30. The van der Waals surface area contributed by atoms with Gasteiger partial charge in [0, 0.05) is 11.4 Å². The van der Waals surface area contributed by atoms with Crippen molar-refractivity contribution in [3.8, 4) is 6.07 Å². The molecule has 1 N–H and O–H groups in total. The summed E-state index contributed by atoms with van der Waals surface area (Å²) in [5.41, 5.74) is 4.47. The summed E-state index contributed by atoms with van der Waals surface area (Å²) in [6.45, 7) is 4.08. The summed E-state index contributed by atoms with van der Waals surface area (Å²) in [6, 6.07) is 26.8. The summed E-state index contributed by atoms with van der Waals surface area (Å²) in [6.07, 6.45) is 1.39. The summed E-state index contributed by atoms with van der Waals surface area (Å²) < 4.78 is 0. The summed E-state index contributed by atoms with van der Waals surface area (Å²) in [5, 5.41) is 12.7. The minimum atomic E-state index is -0.532. The lowest BCUT2D eigenvalue weighted by atomic mass is 10.1. The Bertz CT molecular complexity index is 1280. The summed E-state index contributed by atoms with van der Waals surface area (Å²) >= 11 is 1.28. The van der Waals surface area contributed by atoms with Gasteiger partial charge in [0.25, 0.3) is 5.91 Å². The fourth-order valence-electron chi connectivity index (χ4n) is 3.87. The summed E-state index contributed by atoms with van der Waals surface area (Å²) in [7, 11) is 0. The molecule has 0 aliphatic carbocycles. The summed E-state index contributed by atoms with van der Waals surface area (Å²) in [5.74, 6) is -0.665. The van der Waals surface area contributed by atoms with Crippen LogP contribution in [0.15, 0.2) is 89.5 Å². The van der Waals surface area contributed by atoms with Gasteiger partial charge in [-0.2, -0.15) is 5.26 Å². The maximum absolute atomic E-state index is 13.6. The SMILES string of the molecule is CCc1ccc(N2C(=O)C(Cc3cccc(C)c3)S/C2=C(/C#N)C(=O)Nc2ccccc2)cc1. The van der Waals surface area contributed by atoms with Gasteiger partial charge in [-0.05, 0) is 55.2 Å². The predicted octanol–water partition coefficient (Wildman–Crippen LogP) is 5.62. The molecule has 6 heteroatoms. The Balaban J connectivity index is 1.73. The fraction of sp³-hybridized carbons (Fsp3) is 0.179. The Labute approximate surface area is 204 Å². The van der Waals surface area contributed by atoms with Crippen molar-refractivity contribution in [2.45, 2.75) is 31.9 Å². The number of nitriles is 1. The molecule has 0 aromatic heterocycles. The van der Waals surface area contributed by atoms with Crippen molar-refractivity contribution in [2.75, 3.05) is 10.2 Å². The molecule has 1 fully saturated rings. The van der Waals surface area contributed by atoms with Crippen LogP contribution >= 0.6 is 11.8 Å². The largest absolute Gasteiger partial charge is 0.321 e. The molecule has 1 unspecified atom stereocenters. The average Bonchev–Trinajstić information content (AvgIpc) is 3.15. The van der Waals surface area contributed by atoms with Crippen LogP contribution in [0.3, 0.4) is 0 Å². The Morgan fingerprint density at radius 3 is 2.41 bits per heavy atom. The van der Waals surface area contributed by atoms with Crippen molar-refractivity contribution in [3.63, 3.8) is 0 Å². The van der Waals surface area contributed by atoms with E-state index in [1.807, 2.05) is 67.6 Å². The number of carbonyl (C=O) groups excluding carboxylic acids is 2. The molecule has 0 spiro atoms. The molecule has 2 amide bonds. The first-order valence-electron chi connectivity index (χ1n) is 11.2. The number of hydrogen-bond acceptors (Lipinski definition) is 4. The zero-order chi connectivity index (χ0) is 24.1. The maximum atomic E-state index is 13.6. The number of anilines is 2. The van der Waals surface area contributed by atoms with Crippen molar-refractivity contribution in [3.05, 3.63) is 106 Å². The molecule has 1 saturated heterocycles. The van der Waals surface area contributed by atoms with Crippen LogP contribution in [0.2, 0.25) is 0 Å². The van der Waals surface area contributed by atoms with Crippen LogP contribution in [0.5, 0.6) is 0 Å². The molecule has 34 heavy (non-hydrogen) atoms. The molecule has 0 radical (unpaired) electrons. The highest BCUT2D eigenvalue weighted by Crippen LogP contribution is 2.42. The van der Waals surface area contributed by atoms with Crippen molar-refractivity contribution in [2.24, 2.45) is 0 Å². The monoisotopic (exact) mass is 467 g/mol. The zero-order valence-corrected chi connectivity index (χ0v) is 19.9. The number of thioether (sulfide) groups is 1. The van der Waals surface area contributed by atoms with Crippen molar-refractivity contribution < 1.29 is 9.59 Å². The van der Waals surface area contributed by atoms with Crippen LogP contribution in [-0.4, -0.2) is 17.1 Å². The first kappa shape index (κ1) is 23.3. The second-order valence-electron chi connectivity index (χ2n) is 8.11. The van der Waals surface area contributed by atoms with Gasteiger partial charge in [-0.25, -0.2) is 0 Å². The molecule has 3 aromatic carbocycles. The van der Waals surface area contributed by atoms with Gasteiger partial charge in [-0.15, -0.1) is 0 Å². The topological polar surface area (TPSA) is 73.2 Å². The quantitative estimate of drug-likeness (QED) is 0.377. The van der Waals surface area contributed by atoms with E-state index in [-0.39, 0.29) is 11.5 Å². The number of para-hydroxylation sites is 1. The summed E-state index contributed by atoms with van der Waals surface area (Å²) in [4.78, 5) is 28.2. The lowest BCUT2D eigenvalue weighted by Crippen LogP contribution is -2.31. The van der Waals surface area contributed by atoms with Gasteiger partial charge in [-0.3, -0.25) is 14.5 Å². The van der Waals surface area contributed by atoms with Gasteiger partial charge >= 0.3 is 0 Å². The van der Waals surface area contributed by atoms with Gasteiger partial charge in [0.15, 0.2) is 0 Å². The molecule has 1 heterocycles. The van der Waals surface area contributed by atoms with Gasteiger partial charge in [-0.1, -0.05) is 78.8 Å². The number of rotatable bonds is 6. The normalized spacial score (nSPS) is 16.8. The molecule has 170 valence electrons. The van der Waals surface area contributed by atoms with Gasteiger partial charge < -0.3 is 5.32 Å². The highest BCUT2D eigenvalue weighted by molar-refractivity contribution is 8.05. The molecular formula is C28H25N3O2S. The first-order chi connectivity index (χ1) is 16.5. The minimum absolute atomic E-state index is 0.0755. The third-order valence-corrected chi connectivity index (χ3v) is 6.91. The van der Waals surface area contributed by atoms with Crippen LogP contribution in [-0.2, 0) is 22.4 Å². The van der Waals surface area contributed by atoms with Gasteiger partial charge in [0.1, 0.15) is 16.7 Å². The number of benzene rings is 3. The lowest BCUT2D eigenvalue weighted by Gasteiger charge is -2.19. The van der Waals surface area contributed by atoms with Crippen molar-refractivity contribution in [1.29, 1.82) is 5.26 Å².